The molecule has 4 rings (SSSR count). The van der Waals surface area contributed by atoms with Gasteiger partial charge in [0.05, 0.1) is 0 Å². The first-order valence-electron chi connectivity index (χ1n) is 11.3. The fraction of sp³-hybridized carbons (Fsp3) is 0.259. The van der Waals surface area contributed by atoms with Crippen LogP contribution in [0.5, 0.6) is 0 Å². The number of carbonyl (C=O) groups is 2. The summed E-state index contributed by atoms with van der Waals surface area (Å²) in [7, 11) is 0. The van der Waals surface area contributed by atoms with Crippen LogP contribution < -0.4 is 15.5 Å². The van der Waals surface area contributed by atoms with Crippen LogP contribution in [0.15, 0.2) is 66.7 Å². The van der Waals surface area contributed by atoms with E-state index in [4.69, 9.17) is 11.6 Å². The molecular formula is C27H27ClFN3O2. The number of nitrogens with one attached hydrogen (secondary N) is 2. The van der Waals surface area contributed by atoms with E-state index in [-0.39, 0.29) is 17.6 Å². The Labute approximate surface area is 203 Å². The number of anilines is 1. The van der Waals surface area contributed by atoms with Crippen LogP contribution in [0.2, 0.25) is 5.02 Å². The van der Waals surface area contributed by atoms with E-state index in [1.165, 1.54) is 6.07 Å². The highest BCUT2D eigenvalue weighted by atomic mass is 35.5. The number of aryl methyl sites for hydroxylation is 1. The second-order valence-corrected chi connectivity index (χ2v) is 8.96. The average Bonchev–Trinajstić information content (AvgIpc) is 3.21. The van der Waals surface area contributed by atoms with Crippen LogP contribution in [-0.2, 0) is 17.6 Å². The van der Waals surface area contributed by atoms with Crippen LogP contribution >= 0.6 is 11.6 Å². The van der Waals surface area contributed by atoms with Gasteiger partial charge in [-0.15, -0.1) is 0 Å². The van der Waals surface area contributed by atoms with Crippen molar-refractivity contribution in [1.82, 2.24) is 10.6 Å². The van der Waals surface area contributed by atoms with Gasteiger partial charge in [-0.05, 0) is 66.9 Å². The second kappa shape index (κ2) is 10.7. The number of rotatable bonds is 8. The molecular weight excluding hydrogens is 453 g/mol. The summed E-state index contributed by atoms with van der Waals surface area (Å²) in [5.41, 5.74) is 4.36. The third-order valence-electron chi connectivity index (χ3n) is 5.97. The third-order valence-corrected chi connectivity index (χ3v) is 6.22. The van der Waals surface area contributed by atoms with Crippen molar-refractivity contribution >= 4 is 29.1 Å². The van der Waals surface area contributed by atoms with Crippen molar-refractivity contribution in [2.24, 2.45) is 0 Å². The molecule has 0 bridgehead atoms. The summed E-state index contributed by atoms with van der Waals surface area (Å²) in [6.07, 6.45) is 1.12. The lowest BCUT2D eigenvalue weighted by Crippen LogP contribution is -2.49. The Bertz CT molecular complexity index is 1180. The van der Waals surface area contributed by atoms with Crippen LogP contribution in [0.4, 0.5) is 10.1 Å². The molecule has 0 aromatic heterocycles. The zero-order valence-corrected chi connectivity index (χ0v) is 19.7. The molecule has 1 aliphatic rings. The zero-order chi connectivity index (χ0) is 24.1. The Morgan fingerprint density at radius 2 is 1.88 bits per heavy atom. The van der Waals surface area contributed by atoms with Gasteiger partial charge in [0.1, 0.15) is 11.9 Å². The normalized spacial score (nSPS) is 13.3. The monoisotopic (exact) mass is 479 g/mol. The maximum atomic E-state index is 13.5. The minimum Gasteiger partial charge on any atom is -0.369 e. The number of fused-ring (bicyclic) bond motifs is 1. The van der Waals surface area contributed by atoms with Crippen LogP contribution in [0.25, 0.3) is 0 Å². The lowest BCUT2D eigenvalue weighted by molar-refractivity contribution is -0.122. The molecule has 3 aromatic rings. The molecule has 2 amide bonds. The van der Waals surface area contributed by atoms with Gasteiger partial charge in [0.25, 0.3) is 5.91 Å². The first-order valence-corrected chi connectivity index (χ1v) is 11.7. The minimum atomic E-state index is -0.742. The lowest BCUT2D eigenvalue weighted by atomic mass is 10.0. The molecule has 0 radical (unpaired) electrons. The van der Waals surface area contributed by atoms with Crippen molar-refractivity contribution < 1.29 is 14.0 Å². The third kappa shape index (κ3) is 5.94. The van der Waals surface area contributed by atoms with Gasteiger partial charge in [0.2, 0.25) is 5.91 Å². The number of halogens is 2. The molecule has 2 N–H and O–H groups in total. The van der Waals surface area contributed by atoms with Crippen LogP contribution in [0.1, 0.15) is 27.0 Å². The van der Waals surface area contributed by atoms with Crippen molar-refractivity contribution in [2.45, 2.75) is 25.8 Å². The van der Waals surface area contributed by atoms with Gasteiger partial charge in [-0.1, -0.05) is 41.4 Å². The van der Waals surface area contributed by atoms with Crippen molar-refractivity contribution in [2.75, 3.05) is 24.5 Å². The van der Waals surface area contributed by atoms with Crippen molar-refractivity contribution in [3.05, 3.63) is 99.8 Å². The molecule has 0 aliphatic carbocycles. The molecule has 0 saturated heterocycles. The van der Waals surface area contributed by atoms with Gasteiger partial charge in [0.15, 0.2) is 0 Å². The molecule has 7 heteroatoms. The lowest BCUT2D eigenvalue weighted by Gasteiger charge is -2.22. The molecule has 0 fully saturated rings. The summed E-state index contributed by atoms with van der Waals surface area (Å²) in [5.74, 6) is -0.786. The molecule has 5 nitrogen and oxygen atoms in total. The fourth-order valence-electron chi connectivity index (χ4n) is 4.20. The van der Waals surface area contributed by atoms with Crippen molar-refractivity contribution in [1.29, 1.82) is 0 Å². The Hall–Kier alpha value is -3.38. The Balaban J connectivity index is 1.41. The zero-order valence-electron chi connectivity index (χ0n) is 19.0. The topological polar surface area (TPSA) is 61.4 Å². The maximum Gasteiger partial charge on any atom is 0.251 e. The SMILES string of the molecule is Cc1cccc(C(=O)N[C@@H](Cc2ccc(Cl)cc2)C(=O)NCCN2CCc3cc(F)ccc32)c1. The van der Waals surface area contributed by atoms with Crippen LogP contribution in [0, 0.1) is 12.7 Å². The minimum absolute atomic E-state index is 0.233. The molecule has 0 unspecified atom stereocenters. The van der Waals surface area contributed by atoms with Gasteiger partial charge in [0, 0.05) is 42.3 Å². The molecule has 3 aromatic carbocycles. The molecule has 176 valence electrons. The van der Waals surface area contributed by atoms with E-state index in [1.807, 2.05) is 31.2 Å². The average molecular weight is 480 g/mol. The smallest absolute Gasteiger partial charge is 0.251 e. The predicted octanol–water partition coefficient (Wildman–Crippen LogP) is 4.31. The summed E-state index contributed by atoms with van der Waals surface area (Å²) in [6, 6.07) is 18.5. The summed E-state index contributed by atoms with van der Waals surface area (Å²) in [6.45, 7) is 3.71. The summed E-state index contributed by atoms with van der Waals surface area (Å²) in [5, 5.41) is 6.45. The van der Waals surface area contributed by atoms with Gasteiger partial charge in [-0.3, -0.25) is 9.59 Å². The fourth-order valence-corrected chi connectivity index (χ4v) is 4.33. The Morgan fingerprint density at radius 3 is 2.65 bits per heavy atom. The van der Waals surface area contributed by atoms with Gasteiger partial charge in [-0.2, -0.15) is 0 Å². The Kier molecular flexibility index (Phi) is 7.48. The van der Waals surface area contributed by atoms with E-state index in [0.29, 0.717) is 30.1 Å². The number of nitrogens with zero attached hydrogens (tertiary/aromatic N) is 1. The summed E-state index contributed by atoms with van der Waals surface area (Å²) < 4.78 is 13.5. The number of hydrogen-bond acceptors (Lipinski definition) is 3. The van der Waals surface area contributed by atoms with Crippen molar-refractivity contribution in [3.8, 4) is 0 Å². The van der Waals surface area contributed by atoms with E-state index in [1.54, 1.807) is 36.4 Å². The molecule has 0 saturated carbocycles. The first kappa shape index (κ1) is 23.8. The Morgan fingerprint density at radius 1 is 1.09 bits per heavy atom. The van der Waals surface area contributed by atoms with E-state index in [9.17, 15) is 14.0 Å². The molecule has 1 atom stereocenters. The van der Waals surface area contributed by atoms with E-state index >= 15 is 0 Å². The van der Waals surface area contributed by atoms with E-state index in [0.717, 1.165) is 35.3 Å². The van der Waals surface area contributed by atoms with Gasteiger partial charge >= 0.3 is 0 Å². The maximum absolute atomic E-state index is 13.5. The largest absolute Gasteiger partial charge is 0.369 e. The number of carbonyl (C=O) groups excluding carboxylic acids is 2. The van der Waals surface area contributed by atoms with Crippen LogP contribution in [-0.4, -0.2) is 37.5 Å². The highest BCUT2D eigenvalue weighted by Crippen LogP contribution is 2.27. The molecule has 0 spiro atoms. The summed E-state index contributed by atoms with van der Waals surface area (Å²) in [4.78, 5) is 28.1. The first-order chi connectivity index (χ1) is 16.4. The molecule has 1 heterocycles. The number of amides is 2. The van der Waals surface area contributed by atoms with Crippen molar-refractivity contribution in [3.63, 3.8) is 0 Å². The number of benzene rings is 3. The predicted molar refractivity (Wildman–Crippen MR) is 133 cm³/mol. The standard InChI is InChI=1S/C27H27ClFN3O2/c1-18-3-2-4-21(15-18)26(33)31-24(16-19-5-7-22(28)8-6-19)27(34)30-12-14-32-13-11-20-17-23(29)9-10-25(20)32/h2-10,15,17,24H,11-14,16H2,1H3,(H,30,34)(H,31,33)/t24-/m0/s1. The number of hydrogen-bond donors (Lipinski definition) is 2. The van der Waals surface area contributed by atoms with Gasteiger partial charge in [-0.25, -0.2) is 4.39 Å². The van der Waals surface area contributed by atoms with Gasteiger partial charge < -0.3 is 15.5 Å². The van der Waals surface area contributed by atoms with Crippen LogP contribution in [0.3, 0.4) is 0 Å². The van der Waals surface area contributed by atoms with E-state index < -0.39 is 6.04 Å². The quantitative estimate of drug-likeness (QED) is 0.506. The highest BCUT2D eigenvalue weighted by molar-refractivity contribution is 6.30. The molecule has 34 heavy (non-hydrogen) atoms. The van der Waals surface area contributed by atoms with E-state index in [2.05, 4.69) is 15.5 Å². The summed E-state index contributed by atoms with van der Waals surface area (Å²) >= 11 is 5.99. The highest BCUT2D eigenvalue weighted by Gasteiger charge is 2.23. The molecule has 1 aliphatic heterocycles. The second-order valence-electron chi connectivity index (χ2n) is 8.53.